The fraction of sp³-hybridized carbons (Fsp3) is 0.579. The van der Waals surface area contributed by atoms with Crippen molar-refractivity contribution in [3.05, 3.63) is 35.4 Å². The molecule has 5 nitrogen and oxygen atoms in total. The molecule has 2 amide bonds. The van der Waals surface area contributed by atoms with Crippen molar-refractivity contribution in [3.63, 3.8) is 0 Å². The average molecular weight is 365 g/mol. The first-order valence-corrected chi connectivity index (χ1v) is 9.27. The highest BCUT2D eigenvalue weighted by atomic mass is 19.1. The molecule has 0 aliphatic carbocycles. The zero-order chi connectivity index (χ0) is 18.5. The fourth-order valence-corrected chi connectivity index (χ4v) is 3.68. The van der Waals surface area contributed by atoms with Gasteiger partial charge < -0.3 is 15.5 Å². The van der Waals surface area contributed by atoms with Gasteiger partial charge in [-0.05, 0) is 56.8 Å². The number of benzene rings is 1. The van der Waals surface area contributed by atoms with Crippen molar-refractivity contribution in [1.82, 2.24) is 15.5 Å². The van der Waals surface area contributed by atoms with Crippen LogP contribution in [0, 0.1) is 23.5 Å². The van der Waals surface area contributed by atoms with Crippen LogP contribution in [-0.4, -0.2) is 49.4 Å². The van der Waals surface area contributed by atoms with E-state index in [1.165, 1.54) is 11.0 Å². The van der Waals surface area contributed by atoms with E-state index >= 15 is 0 Å². The van der Waals surface area contributed by atoms with E-state index in [9.17, 15) is 18.4 Å². The average Bonchev–Trinajstić information content (AvgIpc) is 3.15. The summed E-state index contributed by atoms with van der Waals surface area (Å²) in [5, 5.41) is 6.31. The molecule has 0 radical (unpaired) electrons. The summed E-state index contributed by atoms with van der Waals surface area (Å²) in [4.78, 5) is 26.2. The second-order valence-electron chi connectivity index (χ2n) is 7.13. The van der Waals surface area contributed by atoms with Crippen molar-refractivity contribution in [2.24, 2.45) is 11.8 Å². The molecule has 0 aromatic heterocycles. The van der Waals surface area contributed by atoms with Gasteiger partial charge in [0, 0.05) is 31.6 Å². The molecule has 0 bridgehead atoms. The number of rotatable bonds is 5. The number of piperidine rings is 1. The lowest BCUT2D eigenvalue weighted by atomic mass is 9.95. The zero-order valence-corrected chi connectivity index (χ0v) is 14.8. The van der Waals surface area contributed by atoms with Crippen LogP contribution in [0.2, 0.25) is 0 Å². The van der Waals surface area contributed by atoms with Crippen LogP contribution < -0.4 is 10.6 Å². The maximum absolute atomic E-state index is 13.8. The summed E-state index contributed by atoms with van der Waals surface area (Å²) in [5.74, 6) is -1.44. The van der Waals surface area contributed by atoms with Gasteiger partial charge >= 0.3 is 0 Å². The van der Waals surface area contributed by atoms with E-state index in [4.69, 9.17) is 0 Å². The number of nitrogens with zero attached hydrogens (tertiary/aromatic N) is 1. The molecular formula is C19H25F2N3O2. The van der Waals surface area contributed by atoms with Gasteiger partial charge in [0.25, 0.3) is 5.91 Å². The SMILES string of the molecule is O=C(NCCC1CCNC1)C1CCN(C(=O)c2ccc(F)cc2F)CC1. The standard InChI is InChI=1S/C19H25F2N3O2/c20-15-1-2-16(17(21)11-15)19(26)24-9-5-14(6-10-24)18(25)23-8-4-13-3-7-22-12-13/h1-2,11,13-14,22H,3-10,12H2,(H,23,25). The predicted octanol–water partition coefficient (Wildman–Crippen LogP) is 1.93. The first kappa shape index (κ1) is 18.8. The smallest absolute Gasteiger partial charge is 0.256 e. The van der Waals surface area contributed by atoms with Crippen molar-refractivity contribution >= 4 is 11.8 Å². The number of hydrogen-bond acceptors (Lipinski definition) is 3. The van der Waals surface area contributed by atoms with Gasteiger partial charge in [0.05, 0.1) is 5.56 Å². The Labute approximate surface area is 152 Å². The summed E-state index contributed by atoms with van der Waals surface area (Å²) in [7, 11) is 0. The lowest BCUT2D eigenvalue weighted by Gasteiger charge is -2.31. The van der Waals surface area contributed by atoms with Gasteiger partial charge in [0.2, 0.25) is 5.91 Å². The first-order valence-electron chi connectivity index (χ1n) is 9.27. The second kappa shape index (κ2) is 8.58. The third kappa shape index (κ3) is 4.58. The molecule has 0 spiro atoms. The van der Waals surface area contributed by atoms with Gasteiger partial charge in [-0.3, -0.25) is 9.59 Å². The van der Waals surface area contributed by atoms with Gasteiger partial charge in [-0.15, -0.1) is 0 Å². The first-order chi connectivity index (χ1) is 12.5. The molecule has 2 saturated heterocycles. The minimum absolute atomic E-state index is 0.0380. The third-order valence-corrected chi connectivity index (χ3v) is 5.33. The maximum Gasteiger partial charge on any atom is 0.256 e. The van der Waals surface area contributed by atoms with E-state index in [1.807, 2.05) is 0 Å². The quantitative estimate of drug-likeness (QED) is 0.838. The lowest BCUT2D eigenvalue weighted by molar-refractivity contribution is -0.126. The summed E-state index contributed by atoms with van der Waals surface area (Å²) in [6, 6.07) is 2.97. The van der Waals surface area contributed by atoms with Crippen molar-refractivity contribution in [1.29, 1.82) is 0 Å². The Balaban J connectivity index is 1.44. The number of carbonyl (C=O) groups is 2. The number of likely N-dealkylation sites (tertiary alicyclic amines) is 1. The monoisotopic (exact) mass is 365 g/mol. The minimum atomic E-state index is -0.851. The molecule has 1 unspecified atom stereocenters. The molecule has 142 valence electrons. The third-order valence-electron chi connectivity index (χ3n) is 5.33. The van der Waals surface area contributed by atoms with Gasteiger partial charge in [-0.1, -0.05) is 0 Å². The summed E-state index contributed by atoms with van der Waals surface area (Å²) in [6.07, 6.45) is 3.27. The zero-order valence-electron chi connectivity index (χ0n) is 14.8. The molecule has 3 rings (SSSR count). The molecule has 0 saturated carbocycles. The fourth-order valence-electron chi connectivity index (χ4n) is 3.68. The van der Waals surface area contributed by atoms with E-state index in [-0.39, 0.29) is 17.4 Å². The maximum atomic E-state index is 13.8. The van der Waals surface area contributed by atoms with Gasteiger partial charge in [-0.2, -0.15) is 0 Å². The highest BCUT2D eigenvalue weighted by molar-refractivity contribution is 5.94. The molecule has 1 aromatic rings. The van der Waals surface area contributed by atoms with Gasteiger partial charge in [0.1, 0.15) is 11.6 Å². The van der Waals surface area contributed by atoms with Crippen molar-refractivity contribution < 1.29 is 18.4 Å². The Kier molecular flexibility index (Phi) is 6.19. The highest BCUT2D eigenvalue weighted by Crippen LogP contribution is 2.21. The van der Waals surface area contributed by atoms with E-state index < -0.39 is 17.5 Å². The van der Waals surface area contributed by atoms with Crippen LogP contribution in [0.5, 0.6) is 0 Å². The molecule has 2 aliphatic rings. The van der Waals surface area contributed by atoms with Crippen molar-refractivity contribution in [3.8, 4) is 0 Å². The molecule has 2 fully saturated rings. The van der Waals surface area contributed by atoms with Crippen molar-refractivity contribution in [2.45, 2.75) is 25.7 Å². The number of halogens is 2. The topological polar surface area (TPSA) is 61.4 Å². The Morgan fingerprint density at radius 3 is 2.62 bits per heavy atom. The molecule has 7 heteroatoms. The number of nitrogens with one attached hydrogen (secondary N) is 2. The number of carbonyl (C=O) groups excluding carboxylic acids is 2. The number of amides is 2. The van der Waals surface area contributed by atoms with E-state index in [2.05, 4.69) is 10.6 Å². The van der Waals surface area contributed by atoms with E-state index in [0.29, 0.717) is 44.5 Å². The molecule has 1 atom stereocenters. The van der Waals surface area contributed by atoms with Crippen LogP contribution in [0.1, 0.15) is 36.0 Å². The van der Waals surface area contributed by atoms with E-state index in [0.717, 1.165) is 32.0 Å². The Hall–Kier alpha value is -2.02. The van der Waals surface area contributed by atoms with Gasteiger partial charge in [-0.25, -0.2) is 8.78 Å². The second-order valence-corrected chi connectivity index (χ2v) is 7.13. The van der Waals surface area contributed by atoms with Gasteiger partial charge in [0.15, 0.2) is 0 Å². The van der Waals surface area contributed by atoms with Crippen LogP contribution in [0.3, 0.4) is 0 Å². The van der Waals surface area contributed by atoms with Crippen LogP contribution in [0.25, 0.3) is 0 Å². The van der Waals surface area contributed by atoms with Crippen molar-refractivity contribution in [2.75, 3.05) is 32.7 Å². The van der Waals surface area contributed by atoms with Crippen LogP contribution in [0.15, 0.2) is 18.2 Å². The molecular weight excluding hydrogens is 340 g/mol. The predicted molar refractivity (Wildman–Crippen MR) is 93.6 cm³/mol. The van der Waals surface area contributed by atoms with Crippen LogP contribution >= 0.6 is 0 Å². The normalized spacial score (nSPS) is 21.0. The summed E-state index contributed by atoms with van der Waals surface area (Å²) in [6.45, 7) is 3.57. The highest BCUT2D eigenvalue weighted by Gasteiger charge is 2.29. The Morgan fingerprint density at radius 1 is 1.19 bits per heavy atom. The lowest BCUT2D eigenvalue weighted by Crippen LogP contribution is -2.43. The molecule has 2 N–H and O–H groups in total. The summed E-state index contributed by atoms with van der Waals surface area (Å²) < 4.78 is 26.8. The molecule has 2 heterocycles. The van der Waals surface area contributed by atoms with Crippen LogP contribution in [0.4, 0.5) is 8.78 Å². The largest absolute Gasteiger partial charge is 0.356 e. The Morgan fingerprint density at radius 2 is 1.96 bits per heavy atom. The minimum Gasteiger partial charge on any atom is -0.356 e. The summed E-state index contributed by atoms with van der Waals surface area (Å²) in [5.41, 5.74) is -0.125. The molecule has 26 heavy (non-hydrogen) atoms. The van der Waals surface area contributed by atoms with Crippen LogP contribution in [-0.2, 0) is 4.79 Å². The molecule has 2 aliphatic heterocycles. The Bertz CT molecular complexity index is 654. The molecule has 1 aromatic carbocycles. The summed E-state index contributed by atoms with van der Waals surface area (Å²) >= 11 is 0. The van der Waals surface area contributed by atoms with E-state index in [1.54, 1.807) is 0 Å². The number of hydrogen-bond donors (Lipinski definition) is 2.